The Bertz CT molecular complexity index is 830. The number of hydrogen-bond acceptors (Lipinski definition) is 5. The topological polar surface area (TPSA) is 89.6 Å². The van der Waals surface area contributed by atoms with Crippen molar-refractivity contribution in [3.05, 3.63) is 41.3 Å². The zero-order valence-electron chi connectivity index (χ0n) is 14.8. The minimum Gasteiger partial charge on any atom is -0.481 e. The second-order valence-electron chi connectivity index (χ2n) is 5.70. The molecule has 1 aromatic carbocycles. The van der Waals surface area contributed by atoms with E-state index in [0.717, 1.165) is 17.0 Å². The molecule has 1 N–H and O–H groups in total. The standard InChI is InChI=1S/C19H21NO5S/c1-14-5-7-16(8-6-14)19-20-17(15(2)25-19)9-11-24-10-3-4-12-26(23)13-18(21)22/h5-8H,4,9,11-13H2,1-2H3,(H,21,22). The molecule has 0 aliphatic rings. The smallest absolute Gasteiger partial charge is 0.316 e. The first-order valence-corrected chi connectivity index (χ1v) is 9.64. The van der Waals surface area contributed by atoms with Gasteiger partial charge in [0.1, 0.15) is 24.2 Å². The highest BCUT2D eigenvalue weighted by atomic mass is 32.2. The Morgan fingerprint density at radius 2 is 2.04 bits per heavy atom. The molecule has 138 valence electrons. The lowest BCUT2D eigenvalue weighted by Gasteiger charge is -1.96. The molecule has 1 heterocycles. The van der Waals surface area contributed by atoms with Crippen LogP contribution in [0.25, 0.3) is 11.5 Å². The molecular weight excluding hydrogens is 354 g/mol. The van der Waals surface area contributed by atoms with Gasteiger partial charge in [-0.3, -0.25) is 9.00 Å². The number of aromatic nitrogens is 1. The fraction of sp³-hybridized carbons (Fsp3) is 0.368. The van der Waals surface area contributed by atoms with Gasteiger partial charge in [-0.2, -0.15) is 0 Å². The summed E-state index contributed by atoms with van der Waals surface area (Å²) in [5.74, 6) is 2.87. The molecule has 7 heteroatoms. The Balaban J connectivity index is 1.77. The maximum absolute atomic E-state index is 11.3. The van der Waals surface area contributed by atoms with Crippen LogP contribution in [0.5, 0.6) is 0 Å². The highest BCUT2D eigenvalue weighted by molar-refractivity contribution is 7.85. The van der Waals surface area contributed by atoms with E-state index in [1.165, 1.54) is 5.56 Å². The van der Waals surface area contributed by atoms with Gasteiger partial charge in [-0.25, -0.2) is 4.98 Å². The number of hydrogen-bond donors (Lipinski definition) is 1. The normalized spacial score (nSPS) is 11.5. The van der Waals surface area contributed by atoms with Gasteiger partial charge in [0, 0.05) is 35.0 Å². The fourth-order valence-electron chi connectivity index (χ4n) is 2.16. The van der Waals surface area contributed by atoms with Crippen LogP contribution >= 0.6 is 0 Å². The van der Waals surface area contributed by atoms with E-state index in [4.69, 9.17) is 14.3 Å². The molecule has 2 aromatic rings. The van der Waals surface area contributed by atoms with Gasteiger partial charge < -0.3 is 14.3 Å². The molecule has 6 nitrogen and oxygen atoms in total. The average Bonchev–Trinajstić information content (AvgIpc) is 2.95. The van der Waals surface area contributed by atoms with Crippen molar-refractivity contribution in [1.82, 2.24) is 4.98 Å². The summed E-state index contributed by atoms with van der Waals surface area (Å²) in [7, 11) is -1.39. The van der Waals surface area contributed by atoms with Crippen molar-refractivity contribution in [3.8, 4) is 23.5 Å². The van der Waals surface area contributed by atoms with Crippen molar-refractivity contribution in [3.63, 3.8) is 0 Å². The Kier molecular flexibility index (Phi) is 7.42. The Morgan fingerprint density at radius 3 is 2.73 bits per heavy atom. The predicted molar refractivity (Wildman–Crippen MR) is 99.0 cm³/mol. The van der Waals surface area contributed by atoms with E-state index in [0.29, 0.717) is 25.3 Å². The third-order valence-corrected chi connectivity index (χ3v) is 4.74. The van der Waals surface area contributed by atoms with Crippen molar-refractivity contribution in [1.29, 1.82) is 0 Å². The van der Waals surface area contributed by atoms with E-state index in [-0.39, 0.29) is 11.5 Å². The molecule has 1 aromatic heterocycles. The zero-order chi connectivity index (χ0) is 18.9. The molecule has 1 atom stereocenters. The molecule has 0 saturated heterocycles. The fourth-order valence-corrected chi connectivity index (χ4v) is 2.90. The summed E-state index contributed by atoms with van der Waals surface area (Å²) in [6.45, 7) is 4.26. The molecule has 0 aliphatic heterocycles. The number of nitrogens with zero attached hydrogens (tertiary/aromatic N) is 1. The highest BCUT2D eigenvalue weighted by Gasteiger charge is 2.11. The summed E-state index contributed by atoms with van der Waals surface area (Å²) in [6.07, 6.45) is 3.44. The first-order valence-electron chi connectivity index (χ1n) is 8.15. The second kappa shape index (κ2) is 9.78. The number of oxazole rings is 1. The van der Waals surface area contributed by atoms with Crippen LogP contribution in [0.1, 0.15) is 23.4 Å². The van der Waals surface area contributed by atoms with Crippen LogP contribution in [0.3, 0.4) is 0 Å². The Hall–Kier alpha value is -2.59. The van der Waals surface area contributed by atoms with E-state index >= 15 is 0 Å². The molecule has 0 fully saturated rings. The van der Waals surface area contributed by atoms with E-state index in [2.05, 4.69) is 17.0 Å². The molecule has 1 unspecified atom stereocenters. The lowest BCUT2D eigenvalue weighted by atomic mass is 10.1. The molecule has 0 bridgehead atoms. The van der Waals surface area contributed by atoms with Crippen LogP contribution in [-0.2, 0) is 26.8 Å². The van der Waals surface area contributed by atoms with Crippen LogP contribution in [0, 0.1) is 25.9 Å². The number of carboxylic acid groups (broad SMARTS) is 1. The van der Waals surface area contributed by atoms with Crippen molar-refractivity contribution < 1.29 is 23.3 Å². The van der Waals surface area contributed by atoms with Gasteiger partial charge in [0.2, 0.25) is 5.89 Å². The van der Waals surface area contributed by atoms with Gasteiger partial charge in [0.25, 0.3) is 0 Å². The summed E-state index contributed by atoms with van der Waals surface area (Å²) in [5.41, 5.74) is 2.93. The number of rotatable bonds is 8. The van der Waals surface area contributed by atoms with Crippen molar-refractivity contribution in [2.45, 2.75) is 26.7 Å². The number of carboxylic acids is 1. The number of aryl methyl sites for hydroxylation is 2. The van der Waals surface area contributed by atoms with Crippen LogP contribution in [0.4, 0.5) is 0 Å². The van der Waals surface area contributed by atoms with Gasteiger partial charge >= 0.3 is 5.97 Å². The Labute approximate surface area is 155 Å². The number of benzene rings is 1. The summed E-state index contributed by atoms with van der Waals surface area (Å²) in [4.78, 5) is 14.9. The van der Waals surface area contributed by atoms with Crippen LogP contribution in [-0.4, -0.2) is 38.4 Å². The quantitative estimate of drug-likeness (QED) is 0.564. The van der Waals surface area contributed by atoms with E-state index in [9.17, 15) is 9.00 Å². The van der Waals surface area contributed by atoms with Gasteiger partial charge in [-0.1, -0.05) is 23.6 Å². The maximum Gasteiger partial charge on any atom is 0.316 e. The van der Waals surface area contributed by atoms with Crippen LogP contribution in [0.15, 0.2) is 28.7 Å². The highest BCUT2D eigenvalue weighted by Crippen LogP contribution is 2.22. The third-order valence-electron chi connectivity index (χ3n) is 3.52. The second-order valence-corrected chi connectivity index (χ2v) is 7.27. The molecule has 0 aliphatic carbocycles. The minimum atomic E-state index is -1.39. The lowest BCUT2D eigenvalue weighted by Crippen LogP contribution is -2.11. The van der Waals surface area contributed by atoms with Crippen LogP contribution in [0.2, 0.25) is 0 Å². The van der Waals surface area contributed by atoms with E-state index in [1.807, 2.05) is 38.1 Å². The minimum absolute atomic E-state index is 0.227. The van der Waals surface area contributed by atoms with Gasteiger partial charge in [0.15, 0.2) is 0 Å². The largest absolute Gasteiger partial charge is 0.481 e. The van der Waals surface area contributed by atoms with E-state index in [1.54, 1.807) is 0 Å². The van der Waals surface area contributed by atoms with Crippen molar-refractivity contribution in [2.75, 3.05) is 18.1 Å². The predicted octanol–water partition coefficient (Wildman–Crippen LogP) is 2.70. The van der Waals surface area contributed by atoms with Gasteiger partial charge in [-0.05, 0) is 26.0 Å². The number of carbonyl (C=O) groups is 1. The lowest BCUT2D eigenvalue weighted by molar-refractivity contribution is -0.133. The van der Waals surface area contributed by atoms with Gasteiger partial charge in [0.05, 0.1) is 5.69 Å². The SMILES string of the molecule is Cc1ccc(-c2nc(CCOC#CCCS(=O)CC(=O)O)c(C)o2)cc1. The summed E-state index contributed by atoms with van der Waals surface area (Å²) in [6, 6.07) is 7.97. The first-order chi connectivity index (χ1) is 12.5. The zero-order valence-corrected chi connectivity index (χ0v) is 15.6. The molecule has 0 amide bonds. The molecular formula is C19H21NO5S. The molecule has 0 saturated carbocycles. The molecule has 26 heavy (non-hydrogen) atoms. The monoisotopic (exact) mass is 375 g/mol. The summed E-state index contributed by atoms with van der Waals surface area (Å²) >= 11 is 0. The number of ether oxygens (including phenoxy) is 1. The number of aliphatic carboxylic acids is 1. The molecule has 2 rings (SSSR count). The maximum atomic E-state index is 11.3. The Morgan fingerprint density at radius 1 is 1.31 bits per heavy atom. The summed E-state index contributed by atoms with van der Waals surface area (Å²) in [5, 5.41) is 8.51. The molecule has 0 radical (unpaired) electrons. The van der Waals surface area contributed by atoms with Crippen LogP contribution < -0.4 is 0 Å². The van der Waals surface area contributed by atoms with Crippen molar-refractivity contribution in [2.24, 2.45) is 0 Å². The van der Waals surface area contributed by atoms with E-state index < -0.39 is 16.8 Å². The van der Waals surface area contributed by atoms with Gasteiger partial charge in [-0.15, -0.1) is 0 Å². The third kappa shape index (κ3) is 6.37. The first kappa shape index (κ1) is 19.7. The summed E-state index contributed by atoms with van der Waals surface area (Å²) < 4.78 is 22.2. The molecule has 0 spiro atoms. The van der Waals surface area contributed by atoms with Crippen molar-refractivity contribution >= 4 is 16.8 Å². The average molecular weight is 375 g/mol.